The second kappa shape index (κ2) is 8.14. The number of rotatable bonds is 7. The summed E-state index contributed by atoms with van der Waals surface area (Å²) in [7, 11) is 0. The van der Waals surface area contributed by atoms with E-state index in [-0.39, 0.29) is 5.91 Å². The van der Waals surface area contributed by atoms with Gasteiger partial charge in [-0.2, -0.15) is 0 Å². The fourth-order valence-electron chi connectivity index (χ4n) is 2.55. The predicted molar refractivity (Wildman–Crippen MR) is 102 cm³/mol. The molecule has 0 unspecified atom stereocenters. The van der Waals surface area contributed by atoms with Crippen LogP contribution in [0.2, 0.25) is 5.02 Å². The Morgan fingerprint density at radius 2 is 2.16 bits per heavy atom. The molecule has 0 aliphatic rings. The average molecular weight is 372 g/mol. The zero-order valence-electron chi connectivity index (χ0n) is 13.6. The van der Waals surface area contributed by atoms with Gasteiger partial charge in [0.25, 0.3) is 5.91 Å². The number of hydrogen-bond acceptors (Lipinski definition) is 3. The van der Waals surface area contributed by atoms with Crippen molar-refractivity contribution in [3.05, 3.63) is 88.1 Å². The molecule has 25 heavy (non-hydrogen) atoms. The fraction of sp³-hybridized carbons (Fsp3) is 0.158. The van der Waals surface area contributed by atoms with Crippen molar-refractivity contribution in [2.75, 3.05) is 6.54 Å². The molecule has 2 heterocycles. The van der Waals surface area contributed by atoms with Crippen molar-refractivity contribution in [3.8, 4) is 0 Å². The van der Waals surface area contributed by atoms with Crippen LogP contribution in [0.3, 0.4) is 0 Å². The van der Waals surface area contributed by atoms with Gasteiger partial charge in [0.2, 0.25) is 0 Å². The smallest absolute Gasteiger partial charge is 0.264 e. The maximum atomic E-state index is 12.7. The maximum Gasteiger partial charge on any atom is 0.264 e. The SMILES string of the molecule is C=CCN(Cc1nccn1Cc1ccccc1Cl)C(=O)c1cccs1. The summed E-state index contributed by atoms with van der Waals surface area (Å²) >= 11 is 7.69. The van der Waals surface area contributed by atoms with E-state index in [1.54, 1.807) is 17.2 Å². The Kier molecular flexibility index (Phi) is 5.68. The first-order valence-corrected chi connectivity index (χ1v) is 9.12. The summed E-state index contributed by atoms with van der Waals surface area (Å²) in [5.41, 5.74) is 1.02. The third kappa shape index (κ3) is 4.18. The van der Waals surface area contributed by atoms with Crippen LogP contribution in [0.5, 0.6) is 0 Å². The Bertz CT molecular complexity index is 857. The summed E-state index contributed by atoms with van der Waals surface area (Å²) in [6.07, 6.45) is 5.38. The van der Waals surface area contributed by atoms with Crippen LogP contribution in [-0.2, 0) is 13.1 Å². The molecule has 6 heteroatoms. The van der Waals surface area contributed by atoms with Crippen molar-refractivity contribution in [2.24, 2.45) is 0 Å². The average Bonchev–Trinajstić information content (AvgIpc) is 3.28. The number of halogens is 1. The summed E-state index contributed by atoms with van der Waals surface area (Å²) in [5, 5.41) is 2.62. The van der Waals surface area contributed by atoms with E-state index in [0.29, 0.717) is 24.5 Å². The van der Waals surface area contributed by atoms with Crippen LogP contribution in [0, 0.1) is 0 Å². The molecule has 3 rings (SSSR count). The molecule has 2 aromatic heterocycles. The fourth-order valence-corrected chi connectivity index (χ4v) is 3.43. The quantitative estimate of drug-likeness (QED) is 0.574. The first kappa shape index (κ1) is 17.5. The molecule has 0 spiro atoms. The highest BCUT2D eigenvalue weighted by molar-refractivity contribution is 7.12. The lowest BCUT2D eigenvalue weighted by molar-refractivity contribution is 0.0762. The number of carbonyl (C=O) groups excluding carboxylic acids is 1. The first-order chi connectivity index (χ1) is 12.2. The van der Waals surface area contributed by atoms with E-state index in [0.717, 1.165) is 16.4 Å². The lowest BCUT2D eigenvalue weighted by atomic mass is 10.2. The normalized spacial score (nSPS) is 10.6. The lowest BCUT2D eigenvalue weighted by Gasteiger charge is -2.21. The number of amides is 1. The summed E-state index contributed by atoms with van der Waals surface area (Å²) < 4.78 is 2.01. The standard InChI is InChI=1S/C19H18ClN3OS/c1-2-10-23(19(24)17-8-5-12-25-17)14-18-21-9-11-22(18)13-15-6-3-4-7-16(15)20/h2-9,11-12H,1,10,13-14H2. The number of thiophene rings is 1. The van der Waals surface area contributed by atoms with Crippen LogP contribution in [0.15, 0.2) is 66.8 Å². The van der Waals surface area contributed by atoms with Crippen molar-refractivity contribution < 1.29 is 4.79 Å². The molecular formula is C19H18ClN3OS. The van der Waals surface area contributed by atoms with Gasteiger partial charge >= 0.3 is 0 Å². The third-order valence-corrected chi connectivity index (χ3v) is 5.03. The van der Waals surface area contributed by atoms with Gasteiger partial charge in [0, 0.05) is 24.0 Å². The molecule has 0 fully saturated rings. The first-order valence-electron chi connectivity index (χ1n) is 7.86. The van der Waals surface area contributed by atoms with E-state index in [1.165, 1.54) is 11.3 Å². The number of hydrogen-bond donors (Lipinski definition) is 0. The largest absolute Gasteiger partial charge is 0.329 e. The molecule has 0 atom stereocenters. The highest BCUT2D eigenvalue weighted by Crippen LogP contribution is 2.18. The van der Waals surface area contributed by atoms with E-state index in [1.807, 2.05) is 52.5 Å². The van der Waals surface area contributed by atoms with Crippen molar-refractivity contribution in [1.82, 2.24) is 14.5 Å². The van der Waals surface area contributed by atoms with Crippen molar-refractivity contribution in [2.45, 2.75) is 13.1 Å². The third-order valence-electron chi connectivity index (χ3n) is 3.80. The maximum absolute atomic E-state index is 12.7. The highest BCUT2D eigenvalue weighted by atomic mass is 35.5. The summed E-state index contributed by atoms with van der Waals surface area (Å²) in [6, 6.07) is 11.4. The number of nitrogens with zero attached hydrogens (tertiary/aromatic N) is 3. The minimum atomic E-state index is -0.0119. The number of aromatic nitrogens is 2. The van der Waals surface area contributed by atoms with Gasteiger partial charge in [-0.1, -0.05) is 41.9 Å². The van der Waals surface area contributed by atoms with Crippen LogP contribution in [0.25, 0.3) is 0 Å². The minimum Gasteiger partial charge on any atom is -0.329 e. The Labute approximate surface area is 156 Å². The van der Waals surface area contributed by atoms with E-state index < -0.39 is 0 Å². The number of benzene rings is 1. The second-order valence-corrected chi connectivity index (χ2v) is 6.87. The molecule has 0 aliphatic carbocycles. The molecule has 0 radical (unpaired) electrons. The molecule has 1 amide bonds. The minimum absolute atomic E-state index is 0.0119. The van der Waals surface area contributed by atoms with E-state index in [9.17, 15) is 4.79 Å². The number of carbonyl (C=O) groups is 1. The van der Waals surface area contributed by atoms with Gasteiger partial charge in [-0.3, -0.25) is 4.79 Å². The van der Waals surface area contributed by atoms with Crippen LogP contribution in [-0.4, -0.2) is 26.9 Å². The molecule has 0 aliphatic heterocycles. The topological polar surface area (TPSA) is 38.1 Å². The monoisotopic (exact) mass is 371 g/mol. The zero-order chi connectivity index (χ0) is 17.6. The highest BCUT2D eigenvalue weighted by Gasteiger charge is 2.18. The van der Waals surface area contributed by atoms with Crippen molar-refractivity contribution in [3.63, 3.8) is 0 Å². The lowest BCUT2D eigenvalue weighted by Crippen LogP contribution is -2.31. The Morgan fingerprint density at radius 3 is 2.88 bits per heavy atom. The molecule has 0 N–H and O–H groups in total. The van der Waals surface area contributed by atoms with E-state index >= 15 is 0 Å². The predicted octanol–water partition coefficient (Wildman–Crippen LogP) is 4.47. The van der Waals surface area contributed by atoms with Gasteiger partial charge in [-0.15, -0.1) is 17.9 Å². The summed E-state index contributed by atoms with van der Waals surface area (Å²) in [4.78, 5) is 19.6. The molecule has 4 nitrogen and oxygen atoms in total. The van der Waals surface area contributed by atoms with E-state index in [4.69, 9.17) is 11.6 Å². The van der Waals surface area contributed by atoms with Crippen molar-refractivity contribution in [1.29, 1.82) is 0 Å². The molecule has 0 saturated heterocycles. The Hall–Kier alpha value is -2.37. The molecule has 1 aromatic carbocycles. The molecular weight excluding hydrogens is 354 g/mol. The Morgan fingerprint density at radius 1 is 1.32 bits per heavy atom. The van der Waals surface area contributed by atoms with Gasteiger partial charge in [0.05, 0.1) is 18.0 Å². The van der Waals surface area contributed by atoms with Gasteiger partial charge in [0.15, 0.2) is 0 Å². The number of imidazole rings is 1. The van der Waals surface area contributed by atoms with Gasteiger partial charge in [-0.05, 0) is 23.1 Å². The van der Waals surface area contributed by atoms with Crippen LogP contribution in [0.1, 0.15) is 21.1 Å². The molecule has 128 valence electrons. The van der Waals surface area contributed by atoms with Gasteiger partial charge < -0.3 is 9.47 Å². The summed E-state index contributed by atoms with van der Waals surface area (Å²) in [6.45, 7) is 5.26. The van der Waals surface area contributed by atoms with Crippen LogP contribution < -0.4 is 0 Å². The van der Waals surface area contributed by atoms with Crippen molar-refractivity contribution >= 4 is 28.8 Å². The Balaban J connectivity index is 1.79. The van der Waals surface area contributed by atoms with Gasteiger partial charge in [0.1, 0.15) is 5.82 Å². The van der Waals surface area contributed by atoms with Crippen LogP contribution in [0.4, 0.5) is 0 Å². The molecule has 0 saturated carbocycles. The van der Waals surface area contributed by atoms with Crippen LogP contribution >= 0.6 is 22.9 Å². The molecule has 3 aromatic rings. The van der Waals surface area contributed by atoms with E-state index in [2.05, 4.69) is 11.6 Å². The van der Waals surface area contributed by atoms with Gasteiger partial charge in [-0.25, -0.2) is 4.98 Å². The zero-order valence-corrected chi connectivity index (χ0v) is 15.2. The molecule has 0 bridgehead atoms. The second-order valence-electron chi connectivity index (χ2n) is 5.51. The summed E-state index contributed by atoms with van der Waals surface area (Å²) in [5.74, 6) is 0.800.